The lowest BCUT2D eigenvalue weighted by Gasteiger charge is -2.26. The zero-order valence-corrected chi connectivity index (χ0v) is 34.4. The third-order valence-corrected chi connectivity index (χ3v) is 13.8. The zero-order valence-electron chi connectivity index (χ0n) is 33.6. The highest BCUT2D eigenvalue weighted by Crippen LogP contribution is 2.44. The Hall–Kier alpha value is -7.92. The third kappa shape index (κ3) is 5.37. The molecule has 0 spiro atoms. The quantitative estimate of drug-likeness (QED) is 0.163. The Morgan fingerprint density at radius 3 is 1.63 bits per heavy atom. The number of thiophene rings is 1. The molecule has 0 aliphatic heterocycles. The van der Waals surface area contributed by atoms with Crippen LogP contribution in [0.2, 0.25) is 0 Å². The summed E-state index contributed by atoms with van der Waals surface area (Å²) in [7, 11) is 0. The minimum absolute atomic E-state index is 1.10. The van der Waals surface area contributed by atoms with Gasteiger partial charge in [-0.15, -0.1) is 11.3 Å². The van der Waals surface area contributed by atoms with Gasteiger partial charge in [0.1, 0.15) is 0 Å². The summed E-state index contributed by atoms with van der Waals surface area (Å²) in [6.45, 7) is 0. The molecular weight excluding hydrogens is 771 g/mol. The Balaban J connectivity index is 0.940. The van der Waals surface area contributed by atoms with Crippen molar-refractivity contribution in [2.75, 3.05) is 4.90 Å². The standard InChI is InChI=1S/C58H37N3S/c1-2-13-41(14-3-1)60-53-19-9-6-16-47(53)49-34-31-45(37-55(49)60)59(44-32-35-57-52(36-44)50-18-8-11-21-56(50)62-57)42-27-22-38(23-28-42)39-24-29-43(30-25-39)61-54-20-10-7-17-48(54)51-33-26-40-12-4-5-15-46(40)58(51)61/h1-37H. The topological polar surface area (TPSA) is 13.1 Å². The van der Waals surface area contributed by atoms with Crippen molar-refractivity contribution >= 4 is 103 Å². The summed E-state index contributed by atoms with van der Waals surface area (Å²) in [5.41, 5.74) is 12.8. The van der Waals surface area contributed by atoms with Gasteiger partial charge in [-0.2, -0.15) is 0 Å². The zero-order chi connectivity index (χ0) is 40.7. The van der Waals surface area contributed by atoms with Crippen LogP contribution >= 0.6 is 11.3 Å². The number of hydrogen-bond donors (Lipinski definition) is 0. The van der Waals surface area contributed by atoms with Crippen LogP contribution in [-0.2, 0) is 0 Å². The molecule has 13 aromatic rings. The average Bonchev–Trinajstić information content (AvgIpc) is 4.00. The van der Waals surface area contributed by atoms with Gasteiger partial charge >= 0.3 is 0 Å². The first-order valence-corrected chi connectivity index (χ1v) is 22.0. The molecule has 0 aliphatic rings. The smallest absolute Gasteiger partial charge is 0.0619 e. The Kier molecular flexibility index (Phi) is 7.78. The van der Waals surface area contributed by atoms with Crippen molar-refractivity contribution in [3.8, 4) is 22.5 Å². The number of rotatable bonds is 6. The van der Waals surface area contributed by atoms with E-state index in [0.717, 1.165) is 28.4 Å². The fourth-order valence-corrected chi connectivity index (χ4v) is 10.9. The molecule has 0 bridgehead atoms. The molecule has 0 saturated carbocycles. The van der Waals surface area contributed by atoms with Gasteiger partial charge in [-0.1, -0.05) is 140 Å². The lowest BCUT2D eigenvalue weighted by Crippen LogP contribution is -2.10. The van der Waals surface area contributed by atoms with Crippen molar-refractivity contribution in [3.63, 3.8) is 0 Å². The molecule has 0 unspecified atom stereocenters. The highest BCUT2D eigenvalue weighted by atomic mass is 32.1. The fraction of sp³-hybridized carbons (Fsp3) is 0. The Morgan fingerprint density at radius 2 is 0.839 bits per heavy atom. The second-order valence-corrected chi connectivity index (χ2v) is 17.2. The molecule has 0 N–H and O–H groups in total. The van der Waals surface area contributed by atoms with Gasteiger partial charge in [-0.05, 0) is 101 Å². The first kappa shape index (κ1) is 34.9. The normalized spacial score (nSPS) is 11.9. The van der Waals surface area contributed by atoms with Crippen LogP contribution in [0, 0.1) is 0 Å². The number of benzene rings is 10. The summed E-state index contributed by atoms with van der Waals surface area (Å²) in [4.78, 5) is 2.41. The number of para-hydroxylation sites is 3. The van der Waals surface area contributed by atoms with E-state index in [1.54, 1.807) is 0 Å². The van der Waals surface area contributed by atoms with Crippen molar-refractivity contribution in [2.45, 2.75) is 0 Å². The SMILES string of the molecule is c1ccc(-n2c3ccccc3c3ccc(N(c4ccc(-c5ccc(-n6c7ccccc7c7ccc8ccccc8c76)cc5)cc4)c4ccc5sc6ccccc6c5c4)cc32)cc1. The van der Waals surface area contributed by atoms with Crippen molar-refractivity contribution in [3.05, 3.63) is 224 Å². The van der Waals surface area contributed by atoms with Crippen LogP contribution in [0.4, 0.5) is 17.1 Å². The molecule has 0 amide bonds. The Bertz CT molecular complexity index is 3850. The predicted octanol–water partition coefficient (Wildman–Crippen LogP) is 16.5. The Morgan fingerprint density at radius 1 is 0.306 bits per heavy atom. The van der Waals surface area contributed by atoms with Crippen molar-refractivity contribution in [1.29, 1.82) is 0 Å². The van der Waals surface area contributed by atoms with Crippen LogP contribution in [-0.4, -0.2) is 9.13 Å². The second kappa shape index (κ2) is 13.8. The molecule has 3 heterocycles. The first-order valence-electron chi connectivity index (χ1n) is 21.2. The number of hydrogen-bond acceptors (Lipinski definition) is 2. The number of aromatic nitrogens is 2. The highest BCUT2D eigenvalue weighted by molar-refractivity contribution is 7.25. The number of anilines is 3. The molecule has 0 fully saturated rings. The van der Waals surface area contributed by atoms with E-state index in [2.05, 4.69) is 238 Å². The third-order valence-electron chi connectivity index (χ3n) is 12.7. The van der Waals surface area contributed by atoms with E-state index in [0.29, 0.717) is 0 Å². The molecule has 0 aliphatic carbocycles. The van der Waals surface area contributed by atoms with E-state index < -0.39 is 0 Å². The van der Waals surface area contributed by atoms with E-state index >= 15 is 0 Å². The van der Waals surface area contributed by atoms with Crippen molar-refractivity contribution < 1.29 is 0 Å². The molecule has 4 heteroatoms. The van der Waals surface area contributed by atoms with Gasteiger partial charge < -0.3 is 14.0 Å². The van der Waals surface area contributed by atoms with Crippen LogP contribution < -0.4 is 4.90 Å². The molecule has 13 rings (SSSR count). The Labute approximate surface area is 362 Å². The van der Waals surface area contributed by atoms with E-state index in [1.807, 2.05) is 11.3 Å². The summed E-state index contributed by atoms with van der Waals surface area (Å²) in [6.07, 6.45) is 0. The largest absolute Gasteiger partial charge is 0.310 e. The maximum Gasteiger partial charge on any atom is 0.0619 e. The molecule has 0 saturated heterocycles. The van der Waals surface area contributed by atoms with Gasteiger partial charge in [0.2, 0.25) is 0 Å². The maximum atomic E-state index is 2.43. The molecule has 3 aromatic heterocycles. The predicted molar refractivity (Wildman–Crippen MR) is 266 cm³/mol. The summed E-state index contributed by atoms with van der Waals surface area (Å²) >= 11 is 1.85. The summed E-state index contributed by atoms with van der Waals surface area (Å²) < 4.78 is 7.43. The molecule has 290 valence electrons. The lowest BCUT2D eigenvalue weighted by atomic mass is 10.0. The van der Waals surface area contributed by atoms with Gasteiger partial charge in [0.05, 0.1) is 22.1 Å². The molecule has 62 heavy (non-hydrogen) atoms. The maximum absolute atomic E-state index is 2.43. The lowest BCUT2D eigenvalue weighted by molar-refractivity contribution is 1.18. The van der Waals surface area contributed by atoms with Crippen LogP contribution in [0.15, 0.2) is 224 Å². The van der Waals surface area contributed by atoms with E-state index in [-0.39, 0.29) is 0 Å². The first-order chi connectivity index (χ1) is 30.7. The highest BCUT2D eigenvalue weighted by Gasteiger charge is 2.20. The van der Waals surface area contributed by atoms with Gasteiger partial charge in [-0.25, -0.2) is 0 Å². The van der Waals surface area contributed by atoms with E-state index in [9.17, 15) is 0 Å². The van der Waals surface area contributed by atoms with Gasteiger partial charge in [0, 0.05) is 75.5 Å². The van der Waals surface area contributed by atoms with E-state index in [1.165, 1.54) is 85.7 Å². The van der Waals surface area contributed by atoms with Gasteiger partial charge in [0.25, 0.3) is 0 Å². The second-order valence-electron chi connectivity index (χ2n) is 16.1. The van der Waals surface area contributed by atoms with Crippen LogP contribution in [0.25, 0.3) is 97.1 Å². The minimum atomic E-state index is 1.10. The monoisotopic (exact) mass is 807 g/mol. The number of fused-ring (bicyclic) bond motifs is 11. The average molecular weight is 808 g/mol. The molecule has 10 aromatic carbocycles. The molecular formula is C58H37N3S. The summed E-state index contributed by atoms with van der Waals surface area (Å²) in [6, 6.07) is 82.2. The van der Waals surface area contributed by atoms with Gasteiger partial charge in [0.15, 0.2) is 0 Å². The minimum Gasteiger partial charge on any atom is -0.310 e. The van der Waals surface area contributed by atoms with E-state index in [4.69, 9.17) is 0 Å². The molecule has 0 atom stereocenters. The van der Waals surface area contributed by atoms with Crippen LogP contribution in [0.1, 0.15) is 0 Å². The van der Waals surface area contributed by atoms with Crippen LogP contribution in [0.3, 0.4) is 0 Å². The van der Waals surface area contributed by atoms with Gasteiger partial charge in [-0.3, -0.25) is 0 Å². The van der Waals surface area contributed by atoms with Crippen LogP contribution in [0.5, 0.6) is 0 Å². The molecule has 0 radical (unpaired) electrons. The molecule has 3 nitrogen and oxygen atoms in total. The number of nitrogens with zero attached hydrogens (tertiary/aromatic N) is 3. The van der Waals surface area contributed by atoms with Crippen molar-refractivity contribution in [2.24, 2.45) is 0 Å². The van der Waals surface area contributed by atoms with Crippen molar-refractivity contribution in [1.82, 2.24) is 9.13 Å². The summed E-state index contributed by atoms with van der Waals surface area (Å²) in [5, 5.41) is 10.1. The fourth-order valence-electron chi connectivity index (χ4n) is 9.86. The summed E-state index contributed by atoms with van der Waals surface area (Å²) in [5.74, 6) is 0.